The van der Waals surface area contributed by atoms with Gasteiger partial charge in [-0.1, -0.05) is 48.5 Å². The van der Waals surface area contributed by atoms with Gasteiger partial charge in [0.05, 0.1) is 17.2 Å². The van der Waals surface area contributed by atoms with Gasteiger partial charge in [-0.25, -0.2) is 4.39 Å². The highest BCUT2D eigenvalue weighted by Gasteiger charge is 2.09. The van der Waals surface area contributed by atoms with Crippen molar-refractivity contribution in [3.05, 3.63) is 102 Å². The van der Waals surface area contributed by atoms with Gasteiger partial charge in [-0.05, 0) is 35.9 Å². The number of aldehydes is 1. The van der Waals surface area contributed by atoms with Crippen molar-refractivity contribution in [1.29, 1.82) is 5.26 Å². The zero-order chi connectivity index (χ0) is 19.5. The summed E-state index contributed by atoms with van der Waals surface area (Å²) in [5, 5.41) is 10.3. The number of aromatic nitrogens is 1. The molecular formula is C24H15FN2O. The third-order valence-corrected chi connectivity index (χ3v) is 4.64. The van der Waals surface area contributed by atoms with Crippen molar-refractivity contribution in [2.24, 2.45) is 0 Å². The van der Waals surface area contributed by atoms with Crippen molar-refractivity contribution in [3.63, 3.8) is 0 Å². The molecule has 0 fully saturated rings. The fraction of sp³-hybridized carbons (Fsp3) is 0. The van der Waals surface area contributed by atoms with Gasteiger partial charge in [0, 0.05) is 28.4 Å². The number of carbonyl (C=O) groups is 1. The van der Waals surface area contributed by atoms with Gasteiger partial charge in [0.2, 0.25) is 0 Å². The molecule has 3 nitrogen and oxygen atoms in total. The summed E-state index contributed by atoms with van der Waals surface area (Å²) in [6.07, 6.45) is 4.32. The van der Waals surface area contributed by atoms with E-state index in [1.165, 1.54) is 6.07 Å². The number of para-hydroxylation sites is 1. The third-order valence-electron chi connectivity index (χ3n) is 4.64. The van der Waals surface area contributed by atoms with E-state index in [1.54, 1.807) is 24.3 Å². The van der Waals surface area contributed by atoms with Crippen molar-refractivity contribution in [3.8, 4) is 11.8 Å². The van der Waals surface area contributed by atoms with Gasteiger partial charge in [-0.2, -0.15) is 5.26 Å². The van der Waals surface area contributed by atoms with Crippen LogP contribution in [0.2, 0.25) is 0 Å². The number of hydrogen-bond donors (Lipinski definition) is 0. The Hall–Kier alpha value is -3.97. The molecule has 1 aromatic heterocycles. The summed E-state index contributed by atoms with van der Waals surface area (Å²) in [7, 11) is 0. The maximum absolute atomic E-state index is 14.0. The van der Waals surface area contributed by atoms with Crippen LogP contribution in [0.1, 0.15) is 21.5 Å². The Balaban J connectivity index is 1.73. The highest BCUT2D eigenvalue weighted by atomic mass is 19.1. The summed E-state index contributed by atoms with van der Waals surface area (Å²) >= 11 is 0. The Labute approximate surface area is 161 Å². The van der Waals surface area contributed by atoms with Crippen molar-refractivity contribution in [2.45, 2.75) is 0 Å². The van der Waals surface area contributed by atoms with Crippen molar-refractivity contribution >= 4 is 28.8 Å². The van der Waals surface area contributed by atoms with E-state index in [1.807, 2.05) is 59.3 Å². The maximum atomic E-state index is 14.0. The lowest BCUT2D eigenvalue weighted by atomic mass is 10.0. The lowest BCUT2D eigenvalue weighted by molar-refractivity contribution is 0.112. The molecule has 0 saturated heterocycles. The van der Waals surface area contributed by atoms with Gasteiger partial charge >= 0.3 is 0 Å². The molecule has 4 aromatic rings. The van der Waals surface area contributed by atoms with Crippen LogP contribution in [0.4, 0.5) is 4.39 Å². The smallest absolute Gasteiger partial charge is 0.152 e. The lowest BCUT2D eigenvalue weighted by Crippen LogP contribution is -1.92. The standard InChI is InChI=1S/C24H15FN2O/c25-23-7-3-1-5-21(23)18(14-26)13-17-9-11-20(12-10-17)27-15-19(16-28)22-6-2-4-8-24(22)27/h1-13,15-16H/b18-13+. The van der Waals surface area contributed by atoms with Gasteiger partial charge in [0.15, 0.2) is 6.29 Å². The average molecular weight is 366 g/mol. The zero-order valence-electron chi connectivity index (χ0n) is 14.8. The Morgan fingerprint density at radius 2 is 1.68 bits per heavy atom. The first-order chi connectivity index (χ1) is 13.7. The quantitative estimate of drug-likeness (QED) is 0.266. The molecule has 0 aliphatic carbocycles. The van der Waals surface area contributed by atoms with Crippen molar-refractivity contribution in [1.82, 2.24) is 4.57 Å². The van der Waals surface area contributed by atoms with Gasteiger partial charge in [-0.15, -0.1) is 0 Å². The van der Waals surface area contributed by atoms with Crippen molar-refractivity contribution < 1.29 is 9.18 Å². The van der Waals surface area contributed by atoms with E-state index in [0.29, 0.717) is 5.56 Å². The number of nitriles is 1. The van der Waals surface area contributed by atoms with Gasteiger partial charge in [-0.3, -0.25) is 4.79 Å². The molecule has 0 N–H and O–H groups in total. The molecule has 0 amide bonds. The Morgan fingerprint density at radius 1 is 0.964 bits per heavy atom. The summed E-state index contributed by atoms with van der Waals surface area (Å²) in [6, 6.07) is 23.5. The van der Waals surface area contributed by atoms with Gasteiger partial charge in [0.25, 0.3) is 0 Å². The highest BCUT2D eigenvalue weighted by molar-refractivity contribution is 5.98. The number of allylic oxidation sites excluding steroid dienone is 1. The van der Waals surface area contributed by atoms with Crippen LogP contribution < -0.4 is 0 Å². The molecule has 0 atom stereocenters. The molecule has 3 aromatic carbocycles. The largest absolute Gasteiger partial charge is 0.316 e. The summed E-state index contributed by atoms with van der Waals surface area (Å²) in [6.45, 7) is 0. The number of carbonyl (C=O) groups excluding carboxylic acids is 1. The first-order valence-corrected chi connectivity index (χ1v) is 8.73. The van der Waals surface area contributed by atoms with Crippen LogP contribution in [-0.4, -0.2) is 10.9 Å². The van der Waals surface area contributed by atoms with Crippen LogP contribution in [0.25, 0.3) is 28.2 Å². The number of nitrogens with zero attached hydrogens (tertiary/aromatic N) is 2. The SMILES string of the molecule is N#C/C(=C\c1ccc(-n2cc(C=O)c3ccccc32)cc1)c1ccccc1F. The molecule has 0 bridgehead atoms. The molecular weight excluding hydrogens is 351 g/mol. The van der Waals surface area contributed by atoms with Crippen LogP contribution in [-0.2, 0) is 0 Å². The number of rotatable bonds is 4. The Morgan fingerprint density at radius 3 is 2.39 bits per heavy atom. The number of hydrogen-bond acceptors (Lipinski definition) is 2. The van der Waals surface area contributed by atoms with Crippen LogP contribution in [0.5, 0.6) is 0 Å². The van der Waals surface area contributed by atoms with E-state index >= 15 is 0 Å². The number of benzene rings is 3. The van der Waals surface area contributed by atoms with E-state index in [9.17, 15) is 14.4 Å². The number of fused-ring (bicyclic) bond motifs is 1. The molecule has 0 radical (unpaired) electrons. The van der Waals surface area contributed by atoms with Crippen LogP contribution in [0, 0.1) is 17.1 Å². The fourth-order valence-electron chi connectivity index (χ4n) is 3.26. The normalized spacial score (nSPS) is 11.4. The summed E-state index contributed by atoms with van der Waals surface area (Å²) in [5.74, 6) is -0.424. The molecule has 0 saturated carbocycles. The molecule has 28 heavy (non-hydrogen) atoms. The first kappa shape index (κ1) is 17.4. The van der Waals surface area contributed by atoms with E-state index in [2.05, 4.69) is 6.07 Å². The zero-order valence-corrected chi connectivity index (χ0v) is 14.8. The summed E-state index contributed by atoms with van der Waals surface area (Å²) < 4.78 is 15.9. The second kappa shape index (κ2) is 7.34. The van der Waals surface area contributed by atoms with E-state index in [-0.39, 0.29) is 11.1 Å². The molecule has 4 heteroatoms. The molecule has 4 rings (SSSR count). The molecule has 0 unspecified atom stereocenters. The molecule has 1 heterocycles. The lowest BCUT2D eigenvalue weighted by Gasteiger charge is -2.06. The Bertz CT molecular complexity index is 1240. The predicted molar refractivity (Wildman–Crippen MR) is 109 cm³/mol. The molecule has 0 aliphatic heterocycles. The maximum Gasteiger partial charge on any atom is 0.152 e. The average Bonchev–Trinajstić information content (AvgIpc) is 3.12. The minimum atomic E-state index is -0.424. The molecule has 0 spiro atoms. The van der Waals surface area contributed by atoms with Crippen LogP contribution in [0.15, 0.2) is 79.0 Å². The second-order valence-corrected chi connectivity index (χ2v) is 6.33. The monoisotopic (exact) mass is 366 g/mol. The van der Waals surface area contributed by atoms with E-state index < -0.39 is 5.82 Å². The van der Waals surface area contributed by atoms with E-state index in [4.69, 9.17) is 0 Å². The first-order valence-electron chi connectivity index (χ1n) is 8.73. The minimum Gasteiger partial charge on any atom is -0.316 e. The van der Waals surface area contributed by atoms with E-state index in [0.717, 1.165) is 28.4 Å². The highest BCUT2D eigenvalue weighted by Crippen LogP contribution is 2.25. The number of halogens is 1. The predicted octanol–water partition coefficient (Wildman–Crippen LogP) is 5.65. The Kier molecular flexibility index (Phi) is 4.57. The van der Waals surface area contributed by atoms with Gasteiger partial charge < -0.3 is 4.57 Å². The third kappa shape index (κ3) is 3.10. The summed E-state index contributed by atoms with van der Waals surface area (Å²) in [4.78, 5) is 11.4. The van der Waals surface area contributed by atoms with Crippen molar-refractivity contribution in [2.75, 3.05) is 0 Å². The van der Waals surface area contributed by atoms with Gasteiger partial charge in [0.1, 0.15) is 5.82 Å². The molecule has 134 valence electrons. The van der Waals surface area contributed by atoms with Crippen LogP contribution in [0.3, 0.4) is 0 Å². The topological polar surface area (TPSA) is 45.8 Å². The molecule has 0 aliphatic rings. The minimum absolute atomic E-state index is 0.264. The second-order valence-electron chi connectivity index (χ2n) is 6.33. The fourth-order valence-corrected chi connectivity index (χ4v) is 3.26. The van der Waals surface area contributed by atoms with Crippen LogP contribution >= 0.6 is 0 Å². The summed E-state index contributed by atoms with van der Waals surface area (Å²) in [5.41, 5.74) is 3.80.